The lowest BCUT2D eigenvalue weighted by Crippen LogP contribution is -2.18. The van der Waals surface area contributed by atoms with E-state index in [0.29, 0.717) is 19.1 Å². The largest absolute Gasteiger partial charge is 0.475 e. The number of rotatable bonds is 9. The van der Waals surface area contributed by atoms with E-state index in [1.165, 1.54) is 0 Å². The van der Waals surface area contributed by atoms with Gasteiger partial charge in [0.15, 0.2) is 0 Å². The standard InChI is InChI=1S/C16H29N3O2/c1-6-8-17-13-12-14(21-11-10-20-9-7-2)19-15(18-13)16(3,4)5/h12H,6-11H2,1-5H3,(H,17,18,19). The van der Waals surface area contributed by atoms with Crippen molar-refractivity contribution in [1.82, 2.24) is 9.97 Å². The molecule has 1 heterocycles. The maximum absolute atomic E-state index is 5.69. The summed E-state index contributed by atoms with van der Waals surface area (Å²) in [4.78, 5) is 9.07. The first-order valence-electron chi connectivity index (χ1n) is 7.81. The Balaban J connectivity index is 2.72. The van der Waals surface area contributed by atoms with Crippen LogP contribution in [0.15, 0.2) is 6.07 Å². The van der Waals surface area contributed by atoms with Crippen LogP contribution in [0.3, 0.4) is 0 Å². The van der Waals surface area contributed by atoms with Crippen LogP contribution in [-0.2, 0) is 10.2 Å². The molecular weight excluding hydrogens is 266 g/mol. The molecule has 0 radical (unpaired) electrons. The molecule has 120 valence electrons. The number of anilines is 1. The smallest absolute Gasteiger partial charge is 0.218 e. The molecule has 1 aromatic rings. The zero-order valence-corrected chi connectivity index (χ0v) is 14.0. The summed E-state index contributed by atoms with van der Waals surface area (Å²) in [6.07, 6.45) is 2.07. The number of hydrogen-bond donors (Lipinski definition) is 1. The summed E-state index contributed by atoms with van der Waals surface area (Å²) in [5.74, 6) is 2.21. The fourth-order valence-corrected chi connectivity index (χ4v) is 1.63. The number of nitrogens with one attached hydrogen (secondary N) is 1. The maximum Gasteiger partial charge on any atom is 0.218 e. The average molecular weight is 295 g/mol. The van der Waals surface area contributed by atoms with Crippen molar-refractivity contribution >= 4 is 5.82 Å². The van der Waals surface area contributed by atoms with Crippen LogP contribution in [0.4, 0.5) is 5.82 Å². The van der Waals surface area contributed by atoms with E-state index in [0.717, 1.165) is 37.6 Å². The summed E-state index contributed by atoms with van der Waals surface area (Å²) in [5, 5.41) is 3.30. The molecule has 0 aliphatic carbocycles. The quantitative estimate of drug-likeness (QED) is 0.708. The van der Waals surface area contributed by atoms with Gasteiger partial charge in [-0.05, 0) is 12.8 Å². The number of ether oxygens (including phenoxy) is 2. The second-order valence-electron chi connectivity index (χ2n) is 6.05. The van der Waals surface area contributed by atoms with Crippen LogP contribution in [0.5, 0.6) is 5.88 Å². The minimum absolute atomic E-state index is 0.110. The van der Waals surface area contributed by atoms with Crippen molar-refractivity contribution < 1.29 is 9.47 Å². The summed E-state index contributed by atoms with van der Waals surface area (Å²) >= 11 is 0. The lowest BCUT2D eigenvalue weighted by Gasteiger charge is -2.19. The molecule has 1 rings (SSSR count). The normalized spacial score (nSPS) is 11.5. The van der Waals surface area contributed by atoms with E-state index in [1.807, 2.05) is 6.07 Å². The van der Waals surface area contributed by atoms with Crippen molar-refractivity contribution in [2.75, 3.05) is 31.7 Å². The van der Waals surface area contributed by atoms with Crippen molar-refractivity contribution in [2.24, 2.45) is 0 Å². The highest BCUT2D eigenvalue weighted by Crippen LogP contribution is 2.23. The van der Waals surface area contributed by atoms with E-state index >= 15 is 0 Å². The first kappa shape index (κ1) is 17.7. The minimum atomic E-state index is -0.110. The van der Waals surface area contributed by atoms with E-state index in [-0.39, 0.29) is 5.41 Å². The van der Waals surface area contributed by atoms with Crippen LogP contribution in [0.1, 0.15) is 53.3 Å². The van der Waals surface area contributed by atoms with Gasteiger partial charge in [-0.2, -0.15) is 4.98 Å². The summed E-state index contributed by atoms with van der Waals surface area (Å²) in [5.41, 5.74) is -0.110. The summed E-state index contributed by atoms with van der Waals surface area (Å²) < 4.78 is 11.1. The molecule has 0 amide bonds. The molecule has 0 unspecified atom stereocenters. The Morgan fingerprint density at radius 1 is 1.05 bits per heavy atom. The van der Waals surface area contributed by atoms with Crippen molar-refractivity contribution in [3.63, 3.8) is 0 Å². The van der Waals surface area contributed by atoms with Crippen LogP contribution in [0.25, 0.3) is 0 Å². The third kappa shape index (κ3) is 6.76. The van der Waals surface area contributed by atoms with E-state index in [1.54, 1.807) is 0 Å². The number of aromatic nitrogens is 2. The highest BCUT2D eigenvalue weighted by Gasteiger charge is 2.19. The lowest BCUT2D eigenvalue weighted by molar-refractivity contribution is 0.0988. The molecule has 1 N–H and O–H groups in total. The molecule has 5 nitrogen and oxygen atoms in total. The predicted octanol–water partition coefficient (Wildman–Crippen LogP) is 3.40. The fourth-order valence-electron chi connectivity index (χ4n) is 1.63. The van der Waals surface area contributed by atoms with Crippen LogP contribution in [-0.4, -0.2) is 36.3 Å². The van der Waals surface area contributed by atoms with Crippen LogP contribution >= 0.6 is 0 Å². The lowest BCUT2D eigenvalue weighted by atomic mass is 9.96. The first-order valence-corrected chi connectivity index (χ1v) is 7.81. The summed E-state index contributed by atoms with van der Waals surface area (Å²) in [6, 6.07) is 1.85. The molecule has 0 saturated heterocycles. The van der Waals surface area contributed by atoms with Crippen LogP contribution in [0.2, 0.25) is 0 Å². The van der Waals surface area contributed by atoms with Crippen molar-refractivity contribution in [1.29, 1.82) is 0 Å². The second kappa shape index (κ2) is 8.82. The number of hydrogen-bond acceptors (Lipinski definition) is 5. The molecule has 0 fully saturated rings. The molecule has 0 saturated carbocycles. The molecule has 0 aliphatic rings. The van der Waals surface area contributed by atoms with Gasteiger partial charge in [-0.1, -0.05) is 34.6 Å². The van der Waals surface area contributed by atoms with E-state index < -0.39 is 0 Å². The third-order valence-electron chi connectivity index (χ3n) is 2.76. The SMILES string of the molecule is CCCNc1cc(OCCOCCC)nc(C(C)(C)C)n1. The van der Waals surface area contributed by atoms with Gasteiger partial charge in [0.1, 0.15) is 18.2 Å². The molecule has 1 aromatic heterocycles. The molecular formula is C16H29N3O2. The Morgan fingerprint density at radius 3 is 2.43 bits per heavy atom. The molecule has 0 aliphatic heterocycles. The summed E-state index contributed by atoms with van der Waals surface area (Å²) in [6.45, 7) is 13.3. The average Bonchev–Trinajstić information content (AvgIpc) is 2.44. The molecule has 0 aromatic carbocycles. The summed E-state index contributed by atoms with van der Waals surface area (Å²) in [7, 11) is 0. The fraction of sp³-hybridized carbons (Fsp3) is 0.750. The van der Waals surface area contributed by atoms with Gasteiger partial charge < -0.3 is 14.8 Å². The van der Waals surface area contributed by atoms with Crippen molar-refractivity contribution in [3.8, 4) is 5.88 Å². The second-order valence-corrected chi connectivity index (χ2v) is 6.05. The van der Waals surface area contributed by atoms with E-state index in [9.17, 15) is 0 Å². The highest BCUT2D eigenvalue weighted by molar-refractivity contribution is 5.39. The molecule has 0 bridgehead atoms. The first-order chi connectivity index (χ1) is 9.97. The third-order valence-corrected chi connectivity index (χ3v) is 2.76. The van der Waals surface area contributed by atoms with Crippen LogP contribution < -0.4 is 10.1 Å². The Hall–Kier alpha value is -1.36. The Bertz CT molecular complexity index is 416. The highest BCUT2D eigenvalue weighted by atomic mass is 16.5. The Kier molecular flexibility index (Phi) is 7.43. The topological polar surface area (TPSA) is 56.3 Å². The zero-order chi connectivity index (χ0) is 15.7. The van der Waals surface area contributed by atoms with E-state index in [4.69, 9.17) is 9.47 Å². The van der Waals surface area contributed by atoms with Gasteiger partial charge >= 0.3 is 0 Å². The van der Waals surface area contributed by atoms with Crippen molar-refractivity contribution in [3.05, 3.63) is 11.9 Å². The molecule has 0 spiro atoms. The van der Waals surface area contributed by atoms with Gasteiger partial charge in [0, 0.05) is 24.6 Å². The number of nitrogens with zero attached hydrogens (tertiary/aromatic N) is 2. The Morgan fingerprint density at radius 2 is 1.81 bits per heavy atom. The molecule has 0 atom stereocenters. The van der Waals surface area contributed by atoms with Gasteiger partial charge in [-0.25, -0.2) is 4.98 Å². The molecule has 21 heavy (non-hydrogen) atoms. The maximum atomic E-state index is 5.69. The van der Waals surface area contributed by atoms with Crippen LogP contribution in [0, 0.1) is 0 Å². The zero-order valence-electron chi connectivity index (χ0n) is 14.0. The predicted molar refractivity (Wildman–Crippen MR) is 86.1 cm³/mol. The monoisotopic (exact) mass is 295 g/mol. The molecule has 5 heteroatoms. The van der Waals surface area contributed by atoms with Gasteiger partial charge in [-0.3, -0.25) is 0 Å². The Labute approximate surface area is 128 Å². The van der Waals surface area contributed by atoms with Gasteiger partial charge in [0.25, 0.3) is 0 Å². The van der Waals surface area contributed by atoms with Gasteiger partial charge in [0.05, 0.1) is 6.61 Å². The van der Waals surface area contributed by atoms with Gasteiger partial charge in [-0.15, -0.1) is 0 Å². The van der Waals surface area contributed by atoms with E-state index in [2.05, 4.69) is 49.9 Å². The minimum Gasteiger partial charge on any atom is -0.475 e. The van der Waals surface area contributed by atoms with Crippen molar-refractivity contribution in [2.45, 2.75) is 52.9 Å². The van der Waals surface area contributed by atoms with Gasteiger partial charge in [0.2, 0.25) is 5.88 Å².